The highest BCUT2D eigenvalue weighted by atomic mass is 35.5. The van der Waals surface area contributed by atoms with Gasteiger partial charge in [0.05, 0.1) is 0 Å². The summed E-state index contributed by atoms with van der Waals surface area (Å²) >= 11 is 5.92. The van der Waals surface area contributed by atoms with Crippen LogP contribution >= 0.6 is 11.6 Å². The minimum atomic E-state index is -0.143. The topological polar surface area (TPSA) is 12.0 Å². The van der Waals surface area contributed by atoms with Crippen molar-refractivity contribution in [3.63, 3.8) is 0 Å². The molecule has 102 valence electrons. The van der Waals surface area contributed by atoms with Crippen molar-refractivity contribution < 1.29 is 4.39 Å². The Kier molecular flexibility index (Phi) is 7.29. The summed E-state index contributed by atoms with van der Waals surface area (Å²) in [7, 11) is 0. The van der Waals surface area contributed by atoms with Gasteiger partial charge in [-0.2, -0.15) is 0 Å². The van der Waals surface area contributed by atoms with Crippen LogP contribution in [-0.4, -0.2) is 13.1 Å². The molecule has 1 unspecified atom stereocenters. The third-order valence-corrected chi connectivity index (χ3v) is 3.31. The second-order valence-corrected chi connectivity index (χ2v) is 5.24. The minimum absolute atomic E-state index is 0.143. The first-order chi connectivity index (χ1) is 8.67. The molecule has 0 aliphatic carbocycles. The van der Waals surface area contributed by atoms with Crippen LogP contribution in [0.1, 0.15) is 38.7 Å². The molecule has 0 saturated heterocycles. The van der Waals surface area contributed by atoms with Gasteiger partial charge in [0.15, 0.2) is 0 Å². The lowest BCUT2D eigenvalue weighted by atomic mass is 9.94. The third-order valence-electron chi connectivity index (χ3n) is 3.07. The Morgan fingerprint density at radius 2 is 2.06 bits per heavy atom. The molecule has 0 spiro atoms. The number of hydrogen-bond acceptors (Lipinski definition) is 1. The zero-order valence-electron chi connectivity index (χ0n) is 11.3. The molecule has 0 radical (unpaired) electrons. The number of rotatable bonds is 8. The predicted molar refractivity (Wildman–Crippen MR) is 76.7 cm³/mol. The van der Waals surface area contributed by atoms with Crippen molar-refractivity contribution in [3.8, 4) is 0 Å². The van der Waals surface area contributed by atoms with Crippen molar-refractivity contribution in [1.29, 1.82) is 0 Å². The Bertz CT molecular complexity index is 354. The smallest absolute Gasteiger partial charge is 0.126 e. The summed E-state index contributed by atoms with van der Waals surface area (Å²) in [5.74, 6) is 0.338. The molecule has 0 saturated carbocycles. The Morgan fingerprint density at radius 3 is 2.72 bits per heavy atom. The fourth-order valence-corrected chi connectivity index (χ4v) is 2.37. The number of nitrogens with one attached hydrogen (secondary N) is 1. The highest BCUT2D eigenvalue weighted by Crippen LogP contribution is 2.20. The van der Waals surface area contributed by atoms with E-state index < -0.39 is 0 Å². The van der Waals surface area contributed by atoms with E-state index in [1.807, 2.05) is 0 Å². The molecule has 0 heterocycles. The summed E-state index contributed by atoms with van der Waals surface area (Å²) in [5.41, 5.74) is 0.735. The maximum atomic E-state index is 13.7. The van der Waals surface area contributed by atoms with Crippen molar-refractivity contribution in [1.82, 2.24) is 5.32 Å². The molecule has 1 N–H and O–H groups in total. The zero-order valence-corrected chi connectivity index (χ0v) is 12.1. The summed E-state index contributed by atoms with van der Waals surface area (Å²) in [5, 5.41) is 4.03. The van der Waals surface area contributed by atoms with Gasteiger partial charge >= 0.3 is 0 Å². The molecule has 0 aliphatic rings. The van der Waals surface area contributed by atoms with Crippen LogP contribution in [0.3, 0.4) is 0 Å². The van der Waals surface area contributed by atoms with E-state index in [1.165, 1.54) is 6.07 Å². The average Bonchev–Trinajstić information content (AvgIpc) is 2.34. The van der Waals surface area contributed by atoms with Gasteiger partial charge in [0.1, 0.15) is 5.82 Å². The molecule has 1 aromatic rings. The molecule has 18 heavy (non-hydrogen) atoms. The Morgan fingerprint density at radius 1 is 1.28 bits per heavy atom. The lowest BCUT2D eigenvalue weighted by molar-refractivity contribution is 0.431. The van der Waals surface area contributed by atoms with E-state index in [0.717, 1.165) is 44.3 Å². The second-order valence-electron chi connectivity index (χ2n) is 4.80. The second kappa shape index (κ2) is 8.49. The van der Waals surface area contributed by atoms with Crippen LogP contribution in [0.25, 0.3) is 0 Å². The molecule has 1 atom stereocenters. The normalized spacial score (nSPS) is 12.7. The summed E-state index contributed by atoms with van der Waals surface area (Å²) in [4.78, 5) is 0. The van der Waals surface area contributed by atoms with Crippen LogP contribution in [0.2, 0.25) is 5.02 Å². The van der Waals surface area contributed by atoms with Crippen LogP contribution in [0, 0.1) is 11.7 Å². The molecule has 3 heteroatoms. The fraction of sp³-hybridized carbons (Fsp3) is 0.600. The van der Waals surface area contributed by atoms with E-state index in [4.69, 9.17) is 11.6 Å². The molecule has 0 aliphatic heterocycles. The van der Waals surface area contributed by atoms with Crippen LogP contribution in [0.4, 0.5) is 4.39 Å². The largest absolute Gasteiger partial charge is 0.316 e. The van der Waals surface area contributed by atoms with Gasteiger partial charge in [-0.1, -0.05) is 31.9 Å². The third kappa shape index (κ3) is 5.36. The molecule has 1 rings (SSSR count). The van der Waals surface area contributed by atoms with E-state index in [-0.39, 0.29) is 5.82 Å². The van der Waals surface area contributed by atoms with E-state index >= 15 is 0 Å². The number of hydrogen-bond donors (Lipinski definition) is 1. The summed E-state index contributed by atoms with van der Waals surface area (Å²) < 4.78 is 13.7. The molecular weight excluding hydrogens is 249 g/mol. The molecule has 0 aromatic heterocycles. The number of benzene rings is 1. The maximum absolute atomic E-state index is 13.7. The summed E-state index contributed by atoms with van der Waals surface area (Å²) in [6.45, 7) is 6.30. The molecule has 0 bridgehead atoms. The van der Waals surface area contributed by atoms with E-state index in [1.54, 1.807) is 12.1 Å². The lowest BCUT2D eigenvalue weighted by Gasteiger charge is -2.17. The molecule has 0 fully saturated rings. The average molecular weight is 272 g/mol. The van der Waals surface area contributed by atoms with E-state index in [9.17, 15) is 4.39 Å². The number of halogens is 2. The summed E-state index contributed by atoms with van der Waals surface area (Å²) in [6.07, 6.45) is 4.13. The van der Waals surface area contributed by atoms with Crippen LogP contribution in [0.5, 0.6) is 0 Å². The van der Waals surface area contributed by atoms with Gasteiger partial charge in [0.25, 0.3) is 0 Å². The standard InChI is InChI=1S/C15H23ClFN/c1-3-5-12(11-18-8-4-2)9-13-10-14(16)6-7-15(13)17/h6-7,10,12,18H,3-5,8-9,11H2,1-2H3. The van der Waals surface area contributed by atoms with Crippen LogP contribution < -0.4 is 5.32 Å². The van der Waals surface area contributed by atoms with Gasteiger partial charge in [0, 0.05) is 5.02 Å². The van der Waals surface area contributed by atoms with Crippen molar-refractivity contribution >= 4 is 11.6 Å². The van der Waals surface area contributed by atoms with E-state index in [2.05, 4.69) is 19.2 Å². The zero-order chi connectivity index (χ0) is 13.4. The van der Waals surface area contributed by atoms with Gasteiger partial charge in [-0.05, 0) is 62.0 Å². The van der Waals surface area contributed by atoms with Gasteiger partial charge in [-0.15, -0.1) is 0 Å². The highest BCUT2D eigenvalue weighted by Gasteiger charge is 2.12. The van der Waals surface area contributed by atoms with Crippen molar-refractivity contribution in [2.24, 2.45) is 5.92 Å². The van der Waals surface area contributed by atoms with E-state index in [0.29, 0.717) is 10.9 Å². The van der Waals surface area contributed by atoms with Gasteiger partial charge < -0.3 is 5.32 Å². The lowest BCUT2D eigenvalue weighted by Crippen LogP contribution is -2.25. The SMILES string of the molecule is CCCNCC(CCC)Cc1cc(Cl)ccc1F. The van der Waals surface area contributed by atoms with Crippen molar-refractivity contribution in [2.75, 3.05) is 13.1 Å². The van der Waals surface area contributed by atoms with Crippen molar-refractivity contribution in [2.45, 2.75) is 39.5 Å². The Hall–Kier alpha value is -0.600. The Balaban J connectivity index is 2.60. The first-order valence-electron chi connectivity index (χ1n) is 6.82. The van der Waals surface area contributed by atoms with Gasteiger partial charge in [-0.3, -0.25) is 0 Å². The van der Waals surface area contributed by atoms with Crippen LogP contribution in [0.15, 0.2) is 18.2 Å². The van der Waals surface area contributed by atoms with Crippen LogP contribution in [-0.2, 0) is 6.42 Å². The highest BCUT2D eigenvalue weighted by molar-refractivity contribution is 6.30. The van der Waals surface area contributed by atoms with Gasteiger partial charge in [0.2, 0.25) is 0 Å². The first-order valence-corrected chi connectivity index (χ1v) is 7.19. The summed E-state index contributed by atoms with van der Waals surface area (Å²) in [6, 6.07) is 4.81. The van der Waals surface area contributed by atoms with Gasteiger partial charge in [-0.25, -0.2) is 4.39 Å². The predicted octanol–water partition coefficient (Wildman–Crippen LogP) is 4.44. The molecule has 0 amide bonds. The first kappa shape index (κ1) is 15.5. The molecule has 1 nitrogen and oxygen atoms in total. The fourth-order valence-electron chi connectivity index (χ4n) is 2.18. The van der Waals surface area contributed by atoms with Crippen molar-refractivity contribution in [3.05, 3.63) is 34.6 Å². The Labute approximate surface area is 115 Å². The monoisotopic (exact) mass is 271 g/mol. The molecular formula is C15H23ClFN. The maximum Gasteiger partial charge on any atom is 0.126 e. The minimum Gasteiger partial charge on any atom is -0.316 e. The molecule has 1 aromatic carbocycles. The quantitative estimate of drug-likeness (QED) is 0.690.